The van der Waals surface area contributed by atoms with Gasteiger partial charge in [0.2, 0.25) is 0 Å². The quantitative estimate of drug-likeness (QED) is 0.0400. The number of carboxylic acid groups (broad SMARTS) is 2. The molecular weight excluding hydrogens is 669 g/mol. The Morgan fingerprint density at radius 3 is 1.71 bits per heavy atom. The van der Waals surface area contributed by atoms with E-state index in [0.717, 1.165) is 0 Å². The van der Waals surface area contributed by atoms with Crippen LogP contribution in [0.25, 0.3) is 0 Å². The molecule has 0 aliphatic carbocycles. The molecule has 0 bridgehead atoms. The van der Waals surface area contributed by atoms with E-state index in [1.54, 1.807) is 54.6 Å². The molecule has 0 saturated heterocycles. The zero-order valence-electron chi connectivity index (χ0n) is 25.6. The van der Waals surface area contributed by atoms with Crippen LogP contribution in [0.5, 0.6) is 0 Å². The summed E-state index contributed by atoms with van der Waals surface area (Å²) in [6.07, 6.45) is -6.14. The summed E-state index contributed by atoms with van der Waals surface area (Å²) in [7, 11) is -4.83. The molecule has 0 aliphatic rings. The average Bonchev–Trinajstić information content (AvgIpc) is 3.08. The molecule has 3 N–H and O–H groups in total. The number of nitrogens with zero attached hydrogens (tertiary/aromatic N) is 1. The first kappa shape index (κ1) is 36.7. The number of nitrogens with one attached hydrogen (secondary N) is 1. The van der Waals surface area contributed by atoms with Crippen molar-refractivity contribution in [3.05, 3.63) is 142 Å². The van der Waals surface area contributed by atoms with Crippen LogP contribution in [0, 0.1) is 16.0 Å². The summed E-state index contributed by atoms with van der Waals surface area (Å²) >= 11 is 0. The van der Waals surface area contributed by atoms with Gasteiger partial charge in [-0.2, -0.15) is 21.6 Å². The maximum Gasteiger partial charge on any atom is 0.423 e. The lowest BCUT2D eigenvalue weighted by molar-refractivity contribution is -0.388. The van der Waals surface area contributed by atoms with Crippen molar-refractivity contribution >= 4 is 27.7 Å². The van der Waals surface area contributed by atoms with Gasteiger partial charge < -0.3 is 10.2 Å². The van der Waals surface area contributed by atoms with Crippen molar-refractivity contribution in [1.82, 2.24) is 5.32 Å². The van der Waals surface area contributed by atoms with E-state index in [9.17, 15) is 51.5 Å². The van der Waals surface area contributed by atoms with Crippen LogP contribution in [0.15, 0.2) is 114 Å². The van der Waals surface area contributed by atoms with Crippen LogP contribution in [-0.4, -0.2) is 48.1 Å². The summed E-state index contributed by atoms with van der Waals surface area (Å²) in [5.74, 6) is -4.00. The first-order valence-electron chi connectivity index (χ1n) is 14.8. The molecule has 0 unspecified atom stereocenters. The van der Waals surface area contributed by atoms with Gasteiger partial charge >= 0.3 is 18.1 Å². The number of nitro groups is 1. The van der Waals surface area contributed by atoms with Crippen LogP contribution < -0.4 is 5.32 Å². The van der Waals surface area contributed by atoms with Gasteiger partial charge in [0.25, 0.3) is 15.8 Å². The van der Waals surface area contributed by atoms with Gasteiger partial charge in [-0.3, -0.25) is 29.2 Å². The number of alkyl halides is 3. The SMILES string of the molecule is O=C(O)[C@@H](CCCOS(=O)(=O)c1ccc([N+](=O)[O-])c(C(F)(F)F)c1)C[C@H](NC(c1ccccc1)(c1ccccc1)c1ccccc1)C(=O)O. The van der Waals surface area contributed by atoms with E-state index < -0.39 is 79.8 Å². The summed E-state index contributed by atoms with van der Waals surface area (Å²) in [5.41, 5.74) is -2.31. The number of carbonyl (C=O) groups is 2. The highest BCUT2D eigenvalue weighted by atomic mass is 32.2. The second kappa shape index (κ2) is 15.4. The molecule has 15 heteroatoms. The third kappa shape index (κ3) is 8.68. The normalized spacial score (nSPS) is 13.4. The molecule has 0 heterocycles. The molecule has 0 fully saturated rings. The van der Waals surface area contributed by atoms with Crippen molar-refractivity contribution in [2.45, 2.75) is 41.9 Å². The highest BCUT2D eigenvalue weighted by Gasteiger charge is 2.42. The van der Waals surface area contributed by atoms with Crippen molar-refractivity contribution in [2.24, 2.45) is 5.92 Å². The van der Waals surface area contributed by atoms with Crippen LogP contribution in [0.2, 0.25) is 0 Å². The van der Waals surface area contributed by atoms with Gasteiger partial charge in [0, 0.05) is 6.07 Å². The van der Waals surface area contributed by atoms with Crippen LogP contribution in [0.4, 0.5) is 18.9 Å². The average molecular weight is 701 g/mol. The summed E-state index contributed by atoms with van der Waals surface area (Å²) in [4.78, 5) is 33.8. The van der Waals surface area contributed by atoms with Gasteiger partial charge in [-0.25, -0.2) is 0 Å². The number of nitro benzene ring substituents is 1. The van der Waals surface area contributed by atoms with E-state index in [1.165, 1.54) is 0 Å². The highest BCUT2D eigenvalue weighted by molar-refractivity contribution is 7.86. The monoisotopic (exact) mass is 700 g/mol. The topological polar surface area (TPSA) is 173 Å². The van der Waals surface area contributed by atoms with E-state index in [1.807, 2.05) is 36.4 Å². The summed E-state index contributed by atoms with van der Waals surface area (Å²) < 4.78 is 70.2. The second-order valence-electron chi connectivity index (χ2n) is 11.0. The number of benzene rings is 4. The van der Waals surface area contributed by atoms with Crippen LogP contribution in [0.3, 0.4) is 0 Å². The largest absolute Gasteiger partial charge is 0.481 e. The van der Waals surface area contributed by atoms with Crippen LogP contribution >= 0.6 is 0 Å². The predicted molar refractivity (Wildman–Crippen MR) is 170 cm³/mol. The second-order valence-corrected chi connectivity index (χ2v) is 12.6. The van der Waals surface area contributed by atoms with E-state index >= 15 is 0 Å². The molecule has 0 amide bonds. The maximum absolute atomic E-state index is 13.4. The fraction of sp³-hybridized carbons (Fsp3) is 0.235. The zero-order valence-corrected chi connectivity index (χ0v) is 26.4. The minimum Gasteiger partial charge on any atom is -0.481 e. The maximum atomic E-state index is 13.4. The lowest BCUT2D eigenvalue weighted by atomic mass is 9.76. The number of carboxylic acids is 2. The molecule has 0 radical (unpaired) electrons. The Bertz CT molecular complexity index is 1780. The number of halogens is 3. The fourth-order valence-corrected chi connectivity index (χ4v) is 6.52. The summed E-state index contributed by atoms with van der Waals surface area (Å²) in [5, 5.41) is 34.6. The fourth-order valence-electron chi connectivity index (χ4n) is 5.55. The highest BCUT2D eigenvalue weighted by Crippen LogP contribution is 2.39. The number of hydrogen-bond acceptors (Lipinski definition) is 8. The lowest BCUT2D eigenvalue weighted by Crippen LogP contribution is -2.53. The van der Waals surface area contributed by atoms with E-state index in [-0.39, 0.29) is 18.9 Å². The van der Waals surface area contributed by atoms with Crippen molar-refractivity contribution in [3.8, 4) is 0 Å². The first-order valence-corrected chi connectivity index (χ1v) is 16.2. The number of aliphatic carboxylic acids is 2. The van der Waals surface area contributed by atoms with Gasteiger partial charge in [0.15, 0.2) is 0 Å². The minimum absolute atomic E-state index is 0.0924. The number of rotatable bonds is 16. The Balaban J connectivity index is 1.56. The van der Waals surface area contributed by atoms with Gasteiger partial charge in [0.1, 0.15) is 11.6 Å². The summed E-state index contributed by atoms with van der Waals surface area (Å²) in [6.45, 7) is -0.655. The van der Waals surface area contributed by atoms with Gasteiger partial charge in [0.05, 0.1) is 27.9 Å². The molecule has 49 heavy (non-hydrogen) atoms. The van der Waals surface area contributed by atoms with Gasteiger partial charge in [-0.05, 0) is 48.1 Å². The van der Waals surface area contributed by atoms with Crippen molar-refractivity contribution in [1.29, 1.82) is 0 Å². The molecule has 0 spiro atoms. The zero-order chi connectivity index (χ0) is 35.8. The Morgan fingerprint density at radius 2 is 1.31 bits per heavy atom. The Kier molecular flexibility index (Phi) is 11.5. The molecule has 4 aromatic carbocycles. The molecule has 11 nitrogen and oxygen atoms in total. The van der Waals surface area contributed by atoms with Crippen LogP contribution in [-0.2, 0) is 35.6 Å². The Labute approximate surface area is 279 Å². The molecule has 0 saturated carbocycles. The molecule has 4 rings (SSSR count). The van der Waals surface area contributed by atoms with E-state index in [2.05, 4.69) is 5.32 Å². The van der Waals surface area contributed by atoms with Crippen molar-refractivity contribution in [2.75, 3.05) is 6.61 Å². The van der Waals surface area contributed by atoms with E-state index in [4.69, 9.17) is 4.18 Å². The van der Waals surface area contributed by atoms with Crippen LogP contribution in [0.1, 0.15) is 41.5 Å². The standard InChI is InChI=1S/C34H31F3N2O9S/c35-34(36,37)28-22-27(18-19-30(28)39(44)45)49(46,47)48-20-10-11-23(31(40)41)21-29(32(42)43)38-33(24-12-4-1-5-13-24,25-14-6-2-7-15-25)26-16-8-3-9-17-26/h1-9,12-19,22-23,29,38H,10-11,20-21H2,(H,40,41)(H,42,43)/t23-,29-/m0/s1. The molecule has 258 valence electrons. The molecule has 4 aromatic rings. The van der Waals surface area contributed by atoms with Gasteiger partial charge in [-0.15, -0.1) is 0 Å². The number of hydrogen-bond donors (Lipinski definition) is 3. The smallest absolute Gasteiger partial charge is 0.423 e. The predicted octanol–water partition coefficient (Wildman–Crippen LogP) is 6.22. The molecule has 2 atom stereocenters. The van der Waals surface area contributed by atoms with Crippen molar-refractivity contribution < 1.29 is 50.5 Å². The molecule has 0 aliphatic heterocycles. The third-order valence-electron chi connectivity index (χ3n) is 7.87. The molecular formula is C34H31F3N2O9S. The van der Waals surface area contributed by atoms with Gasteiger partial charge in [-0.1, -0.05) is 91.0 Å². The Morgan fingerprint density at radius 1 is 0.816 bits per heavy atom. The first-order chi connectivity index (χ1) is 23.2. The van der Waals surface area contributed by atoms with E-state index in [0.29, 0.717) is 28.8 Å². The minimum atomic E-state index is -5.23. The summed E-state index contributed by atoms with van der Waals surface area (Å²) in [6, 6.07) is 26.8. The van der Waals surface area contributed by atoms with Crippen molar-refractivity contribution in [3.63, 3.8) is 0 Å². The third-order valence-corrected chi connectivity index (χ3v) is 9.18. The Hall–Kier alpha value is -5.12. The molecule has 0 aromatic heterocycles. The lowest BCUT2D eigenvalue weighted by Gasteiger charge is -2.39.